The summed E-state index contributed by atoms with van der Waals surface area (Å²) in [4.78, 5) is 18.2. The highest BCUT2D eigenvalue weighted by atomic mass is 32.2. The number of carbonyl (C=O) groups excluding carboxylic acids is 1. The van der Waals surface area contributed by atoms with E-state index in [1.165, 1.54) is 11.8 Å². The van der Waals surface area contributed by atoms with Crippen molar-refractivity contribution in [3.63, 3.8) is 0 Å². The Hall–Kier alpha value is -2.49. The minimum Gasteiger partial charge on any atom is -0.495 e. The van der Waals surface area contributed by atoms with Crippen molar-refractivity contribution in [1.82, 2.24) is 15.2 Å². The molecule has 0 saturated heterocycles. The van der Waals surface area contributed by atoms with Crippen LogP contribution in [0.5, 0.6) is 5.75 Å². The van der Waals surface area contributed by atoms with E-state index in [1.54, 1.807) is 29.8 Å². The Morgan fingerprint density at radius 3 is 2.86 bits per heavy atom. The van der Waals surface area contributed by atoms with Crippen LogP contribution in [0.2, 0.25) is 0 Å². The maximum atomic E-state index is 12.5. The molecule has 0 radical (unpaired) electrons. The highest BCUT2D eigenvalue weighted by Gasteiger charge is 2.17. The predicted molar refractivity (Wildman–Crippen MR) is 120 cm³/mol. The van der Waals surface area contributed by atoms with Crippen molar-refractivity contribution in [2.24, 2.45) is 0 Å². The summed E-state index contributed by atoms with van der Waals surface area (Å²) in [5.41, 5.74) is 3.35. The molecule has 0 saturated carbocycles. The van der Waals surface area contributed by atoms with E-state index in [2.05, 4.69) is 20.5 Å². The lowest BCUT2D eigenvalue weighted by Gasteiger charge is -2.11. The lowest BCUT2D eigenvalue weighted by molar-refractivity contribution is -0.113. The van der Waals surface area contributed by atoms with Crippen LogP contribution < -0.4 is 10.1 Å². The SMILES string of the molecule is COc1ccc(C)cc1NC(=O)CSc1nnc(-c2cccs2)c2sc(C)nc12. The van der Waals surface area contributed by atoms with Gasteiger partial charge in [-0.2, -0.15) is 0 Å². The number of hydrogen-bond acceptors (Lipinski definition) is 8. The molecule has 1 N–H and O–H groups in total. The fourth-order valence-electron chi connectivity index (χ4n) is 2.83. The molecule has 0 unspecified atom stereocenters. The van der Waals surface area contributed by atoms with Crippen LogP contribution in [0.3, 0.4) is 0 Å². The van der Waals surface area contributed by atoms with Gasteiger partial charge in [-0.05, 0) is 43.0 Å². The molecule has 0 aliphatic carbocycles. The summed E-state index contributed by atoms with van der Waals surface area (Å²) >= 11 is 4.56. The Morgan fingerprint density at radius 2 is 2.10 bits per heavy atom. The number of thiophene rings is 1. The maximum absolute atomic E-state index is 12.5. The number of fused-ring (bicyclic) bond motifs is 1. The zero-order valence-corrected chi connectivity index (χ0v) is 18.5. The number of carbonyl (C=O) groups is 1. The summed E-state index contributed by atoms with van der Waals surface area (Å²) in [5.74, 6) is 0.699. The molecule has 0 bridgehead atoms. The average molecular weight is 443 g/mol. The number of hydrogen-bond donors (Lipinski definition) is 1. The summed E-state index contributed by atoms with van der Waals surface area (Å²) in [6.07, 6.45) is 0. The van der Waals surface area contributed by atoms with E-state index in [9.17, 15) is 4.79 Å². The summed E-state index contributed by atoms with van der Waals surface area (Å²) in [6.45, 7) is 3.93. The number of amides is 1. The van der Waals surface area contributed by atoms with E-state index in [-0.39, 0.29) is 11.7 Å². The molecule has 4 rings (SSSR count). The number of nitrogens with one attached hydrogen (secondary N) is 1. The zero-order chi connectivity index (χ0) is 20.4. The van der Waals surface area contributed by atoms with E-state index in [0.29, 0.717) is 16.5 Å². The molecule has 9 heteroatoms. The van der Waals surface area contributed by atoms with Gasteiger partial charge in [0.1, 0.15) is 22.0 Å². The number of ether oxygens (including phenoxy) is 1. The number of nitrogens with zero attached hydrogens (tertiary/aromatic N) is 3. The Bertz CT molecular complexity index is 1170. The van der Waals surface area contributed by atoms with Crippen LogP contribution in [-0.2, 0) is 4.79 Å². The van der Waals surface area contributed by atoms with E-state index in [4.69, 9.17) is 4.74 Å². The molecule has 1 aromatic carbocycles. The van der Waals surface area contributed by atoms with Crippen molar-refractivity contribution in [3.05, 3.63) is 46.3 Å². The van der Waals surface area contributed by atoms with Crippen molar-refractivity contribution >= 4 is 56.2 Å². The quantitative estimate of drug-likeness (QED) is 0.415. The van der Waals surface area contributed by atoms with Gasteiger partial charge < -0.3 is 10.1 Å². The standard InChI is InChI=1S/C20H18N4O2S3/c1-11-6-7-14(26-3)13(9-11)22-16(25)10-28-20-18-19(29-12(2)21-18)17(23-24-20)15-5-4-8-27-15/h4-9H,10H2,1-3H3,(H,22,25). The molecule has 0 fully saturated rings. The Kier molecular flexibility index (Phi) is 5.79. The second-order valence-electron chi connectivity index (χ2n) is 6.28. The monoisotopic (exact) mass is 442 g/mol. The van der Waals surface area contributed by atoms with Crippen LogP contribution in [-0.4, -0.2) is 34.0 Å². The molecule has 3 heterocycles. The Morgan fingerprint density at radius 1 is 1.24 bits per heavy atom. The third-order valence-electron chi connectivity index (χ3n) is 4.12. The molecule has 0 spiro atoms. The van der Waals surface area contributed by atoms with Gasteiger partial charge in [0.15, 0.2) is 0 Å². The van der Waals surface area contributed by atoms with Crippen molar-refractivity contribution in [1.29, 1.82) is 0 Å². The summed E-state index contributed by atoms with van der Waals surface area (Å²) in [6, 6.07) is 9.69. The summed E-state index contributed by atoms with van der Waals surface area (Å²) in [7, 11) is 1.58. The number of rotatable bonds is 6. The van der Waals surface area contributed by atoms with Crippen LogP contribution in [0, 0.1) is 13.8 Å². The smallest absolute Gasteiger partial charge is 0.234 e. The van der Waals surface area contributed by atoms with Crippen molar-refractivity contribution < 1.29 is 9.53 Å². The van der Waals surface area contributed by atoms with Crippen molar-refractivity contribution in [2.45, 2.75) is 18.9 Å². The fraction of sp³-hybridized carbons (Fsp3) is 0.200. The van der Waals surface area contributed by atoms with Gasteiger partial charge in [-0.3, -0.25) is 4.79 Å². The molecule has 29 heavy (non-hydrogen) atoms. The maximum Gasteiger partial charge on any atom is 0.234 e. The largest absolute Gasteiger partial charge is 0.495 e. The zero-order valence-electron chi connectivity index (χ0n) is 16.1. The van der Waals surface area contributed by atoms with Gasteiger partial charge >= 0.3 is 0 Å². The first-order valence-electron chi connectivity index (χ1n) is 8.80. The van der Waals surface area contributed by atoms with Crippen LogP contribution >= 0.6 is 34.4 Å². The van der Waals surface area contributed by atoms with Gasteiger partial charge in [0.2, 0.25) is 5.91 Å². The fourth-order valence-corrected chi connectivity index (χ4v) is 5.32. The molecular formula is C20H18N4O2S3. The van der Waals surface area contributed by atoms with Crippen molar-refractivity contribution in [2.75, 3.05) is 18.2 Å². The topological polar surface area (TPSA) is 77.0 Å². The number of methoxy groups -OCH3 is 1. The first-order chi connectivity index (χ1) is 14.0. The minimum atomic E-state index is -0.136. The number of anilines is 1. The number of thioether (sulfide) groups is 1. The molecule has 1 amide bonds. The molecule has 0 aliphatic rings. The van der Waals surface area contributed by atoms with Crippen LogP contribution in [0.1, 0.15) is 10.6 Å². The van der Waals surface area contributed by atoms with Crippen molar-refractivity contribution in [3.8, 4) is 16.3 Å². The number of aromatic nitrogens is 3. The normalized spacial score (nSPS) is 11.0. The number of thiazole rings is 1. The number of benzene rings is 1. The highest BCUT2D eigenvalue weighted by molar-refractivity contribution is 8.00. The first-order valence-corrected chi connectivity index (χ1v) is 11.5. The Balaban J connectivity index is 1.54. The van der Waals surface area contributed by atoms with Crippen LogP contribution in [0.25, 0.3) is 20.8 Å². The molecule has 0 atom stereocenters. The van der Waals surface area contributed by atoms with E-state index < -0.39 is 0 Å². The lowest BCUT2D eigenvalue weighted by Crippen LogP contribution is -2.15. The van der Waals surface area contributed by atoms with Crippen LogP contribution in [0.4, 0.5) is 5.69 Å². The van der Waals surface area contributed by atoms with Crippen LogP contribution in [0.15, 0.2) is 40.7 Å². The van der Waals surface area contributed by atoms with Gasteiger partial charge in [-0.15, -0.1) is 32.9 Å². The Labute approximate surface area is 180 Å². The molecule has 3 aromatic heterocycles. The second-order valence-corrected chi connectivity index (χ2v) is 9.40. The van der Waals surface area contributed by atoms with E-state index in [0.717, 1.165) is 31.4 Å². The minimum absolute atomic E-state index is 0.136. The highest BCUT2D eigenvalue weighted by Crippen LogP contribution is 2.36. The molecule has 0 aliphatic heterocycles. The van der Waals surface area contributed by atoms with Gasteiger partial charge in [0, 0.05) is 0 Å². The van der Waals surface area contributed by atoms with Gasteiger partial charge in [0.25, 0.3) is 0 Å². The molecular weight excluding hydrogens is 424 g/mol. The third kappa shape index (κ3) is 4.26. The number of aryl methyl sites for hydroxylation is 2. The third-order valence-corrected chi connectivity index (χ3v) is 6.93. The van der Waals surface area contributed by atoms with E-state index in [1.807, 2.05) is 49.6 Å². The summed E-state index contributed by atoms with van der Waals surface area (Å²) in [5, 5.41) is 15.3. The predicted octanol–water partition coefficient (Wildman–Crippen LogP) is 5.17. The van der Waals surface area contributed by atoms with Gasteiger partial charge in [-0.1, -0.05) is 23.9 Å². The molecule has 6 nitrogen and oxygen atoms in total. The lowest BCUT2D eigenvalue weighted by atomic mass is 10.2. The van der Waals surface area contributed by atoms with Gasteiger partial charge in [-0.25, -0.2) is 4.98 Å². The molecule has 4 aromatic rings. The van der Waals surface area contributed by atoms with Gasteiger partial charge in [0.05, 0.1) is 33.1 Å². The average Bonchev–Trinajstić information content (AvgIpc) is 3.35. The second kappa shape index (κ2) is 8.48. The summed E-state index contributed by atoms with van der Waals surface area (Å²) < 4.78 is 6.32. The first kappa shape index (κ1) is 19.8. The van der Waals surface area contributed by atoms with E-state index >= 15 is 0 Å². The molecule has 148 valence electrons.